The molecule has 2 aromatic rings. The normalized spacial score (nSPS) is 10.2. The van der Waals surface area contributed by atoms with Crippen molar-refractivity contribution in [1.82, 2.24) is 5.32 Å². The van der Waals surface area contributed by atoms with Crippen molar-refractivity contribution in [1.29, 1.82) is 0 Å². The molecule has 0 unspecified atom stereocenters. The Morgan fingerprint density at radius 3 is 2.47 bits per heavy atom. The minimum atomic E-state index is -0.0778. The van der Waals surface area contributed by atoms with Gasteiger partial charge in [0.1, 0.15) is 5.75 Å². The van der Waals surface area contributed by atoms with E-state index in [1.165, 1.54) is 6.92 Å². The smallest absolute Gasteiger partial charge is 0.217 e. The van der Waals surface area contributed by atoms with Gasteiger partial charge in [-0.2, -0.15) is 0 Å². The lowest BCUT2D eigenvalue weighted by atomic mass is 9.98. The summed E-state index contributed by atoms with van der Waals surface area (Å²) >= 11 is 0. The van der Waals surface area contributed by atoms with E-state index in [-0.39, 0.29) is 11.7 Å². The molecule has 3 nitrogen and oxygen atoms in total. The van der Waals surface area contributed by atoms with Gasteiger partial charge in [-0.05, 0) is 23.6 Å². The maximum absolute atomic E-state index is 10.9. The van der Waals surface area contributed by atoms with Crippen LogP contribution in [0.4, 0.5) is 0 Å². The van der Waals surface area contributed by atoms with Crippen molar-refractivity contribution in [3.63, 3.8) is 0 Å². The minimum Gasteiger partial charge on any atom is -0.507 e. The first-order valence-electron chi connectivity index (χ1n) is 6.21. The van der Waals surface area contributed by atoms with Gasteiger partial charge in [0, 0.05) is 19.0 Å². The van der Waals surface area contributed by atoms with Crippen molar-refractivity contribution in [2.24, 2.45) is 0 Å². The van der Waals surface area contributed by atoms with E-state index in [4.69, 9.17) is 0 Å². The Kier molecular flexibility index (Phi) is 3.85. The van der Waals surface area contributed by atoms with Gasteiger partial charge in [-0.1, -0.05) is 42.5 Å². The molecule has 0 fully saturated rings. The van der Waals surface area contributed by atoms with Gasteiger partial charge in [-0.15, -0.1) is 0 Å². The number of carbonyl (C=O) groups is 1. The summed E-state index contributed by atoms with van der Waals surface area (Å²) in [4.78, 5) is 10.9. The lowest BCUT2D eigenvalue weighted by molar-refractivity contribution is -0.119. The predicted molar refractivity (Wildman–Crippen MR) is 75.8 cm³/mol. The van der Waals surface area contributed by atoms with Gasteiger partial charge in [0.05, 0.1) is 0 Å². The summed E-state index contributed by atoms with van der Waals surface area (Å²) in [5.74, 6) is 0.195. The topological polar surface area (TPSA) is 49.3 Å². The maximum Gasteiger partial charge on any atom is 0.217 e. The zero-order valence-electron chi connectivity index (χ0n) is 11.1. The molecule has 0 aliphatic heterocycles. The van der Waals surface area contributed by atoms with Gasteiger partial charge in [0.25, 0.3) is 0 Å². The third-order valence-corrected chi connectivity index (χ3v) is 3.16. The second kappa shape index (κ2) is 5.57. The monoisotopic (exact) mass is 255 g/mol. The van der Waals surface area contributed by atoms with Crippen molar-refractivity contribution < 1.29 is 9.90 Å². The van der Waals surface area contributed by atoms with Crippen LogP contribution in [0.5, 0.6) is 5.75 Å². The fraction of sp³-hybridized carbons (Fsp3) is 0.188. The first-order valence-corrected chi connectivity index (χ1v) is 6.21. The Morgan fingerprint density at radius 2 is 1.84 bits per heavy atom. The summed E-state index contributed by atoms with van der Waals surface area (Å²) in [6.45, 7) is 3.77. The summed E-state index contributed by atoms with van der Waals surface area (Å²) in [6, 6.07) is 13.6. The molecular formula is C16H17NO2. The number of nitrogens with one attached hydrogen (secondary N) is 1. The van der Waals surface area contributed by atoms with E-state index in [1.807, 2.05) is 49.4 Å². The van der Waals surface area contributed by atoms with Crippen LogP contribution in [-0.4, -0.2) is 11.0 Å². The molecule has 19 heavy (non-hydrogen) atoms. The van der Waals surface area contributed by atoms with E-state index in [2.05, 4.69) is 5.32 Å². The van der Waals surface area contributed by atoms with Crippen LogP contribution in [0, 0.1) is 6.92 Å². The molecular weight excluding hydrogens is 238 g/mol. The summed E-state index contributed by atoms with van der Waals surface area (Å²) in [5, 5.41) is 13.0. The van der Waals surface area contributed by atoms with Gasteiger partial charge >= 0.3 is 0 Å². The van der Waals surface area contributed by atoms with Gasteiger partial charge in [0.15, 0.2) is 0 Å². The zero-order valence-corrected chi connectivity index (χ0v) is 11.1. The highest BCUT2D eigenvalue weighted by Crippen LogP contribution is 2.33. The van der Waals surface area contributed by atoms with E-state index >= 15 is 0 Å². The first kappa shape index (κ1) is 13.1. The average molecular weight is 255 g/mol. The number of phenols is 1. The average Bonchev–Trinajstić information content (AvgIpc) is 2.41. The number of phenolic OH excluding ortho intramolecular Hbond substituents is 1. The molecule has 0 saturated carbocycles. The lowest BCUT2D eigenvalue weighted by Crippen LogP contribution is -2.19. The number of hydrogen-bond donors (Lipinski definition) is 2. The molecule has 0 aliphatic rings. The Morgan fingerprint density at radius 1 is 1.16 bits per heavy atom. The largest absolute Gasteiger partial charge is 0.507 e. The Labute approximate surface area is 112 Å². The Balaban J connectivity index is 2.35. The number of amides is 1. The van der Waals surface area contributed by atoms with Crippen molar-refractivity contribution in [3.8, 4) is 16.9 Å². The molecule has 0 saturated heterocycles. The molecule has 0 atom stereocenters. The molecule has 1 amide bonds. The molecule has 3 heteroatoms. The molecule has 2 rings (SSSR count). The maximum atomic E-state index is 10.9. The fourth-order valence-corrected chi connectivity index (χ4v) is 2.00. The summed E-state index contributed by atoms with van der Waals surface area (Å²) < 4.78 is 0. The quantitative estimate of drug-likeness (QED) is 0.885. The van der Waals surface area contributed by atoms with Gasteiger partial charge in [0.2, 0.25) is 5.91 Å². The minimum absolute atomic E-state index is 0.0778. The van der Waals surface area contributed by atoms with Crippen LogP contribution in [0.1, 0.15) is 18.1 Å². The van der Waals surface area contributed by atoms with Crippen LogP contribution in [0.15, 0.2) is 42.5 Å². The van der Waals surface area contributed by atoms with Crippen LogP contribution in [0.2, 0.25) is 0 Å². The highest BCUT2D eigenvalue weighted by atomic mass is 16.3. The van der Waals surface area contributed by atoms with E-state index in [9.17, 15) is 9.90 Å². The molecule has 0 heterocycles. The Hall–Kier alpha value is -2.29. The molecule has 0 aromatic heterocycles. The summed E-state index contributed by atoms with van der Waals surface area (Å²) in [6.07, 6.45) is 0. The van der Waals surface area contributed by atoms with Crippen LogP contribution in [0.3, 0.4) is 0 Å². The highest BCUT2D eigenvalue weighted by Gasteiger charge is 2.10. The molecule has 0 spiro atoms. The van der Waals surface area contributed by atoms with Crippen LogP contribution >= 0.6 is 0 Å². The van der Waals surface area contributed by atoms with E-state index in [0.29, 0.717) is 6.54 Å². The third-order valence-electron chi connectivity index (χ3n) is 3.16. The van der Waals surface area contributed by atoms with E-state index < -0.39 is 0 Å². The second-order valence-electron chi connectivity index (χ2n) is 4.52. The first-order chi connectivity index (χ1) is 9.09. The number of carbonyl (C=O) groups excluding carboxylic acids is 1. The zero-order chi connectivity index (χ0) is 13.8. The summed E-state index contributed by atoms with van der Waals surface area (Å²) in [5.41, 5.74) is 3.52. The van der Waals surface area contributed by atoms with Gasteiger partial charge < -0.3 is 10.4 Å². The van der Waals surface area contributed by atoms with Crippen molar-refractivity contribution in [3.05, 3.63) is 53.6 Å². The SMILES string of the molecule is CC(=O)NCc1ccc(-c2ccccc2)c(O)c1C. The molecule has 98 valence electrons. The molecule has 0 radical (unpaired) electrons. The van der Waals surface area contributed by atoms with Crippen LogP contribution in [-0.2, 0) is 11.3 Å². The predicted octanol–water partition coefficient (Wildman–Crippen LogP) is 3.00. The molecule has 0 bridgehead atoms. The second-order valence-corrected chi connectivity index (χ2v) is 4.52. The number of rotatable bonds is 3. The van der Waals surface area contributed by atoms with Crippen LogP contribution < -0.4 is 5.32 Å². The summed E-state index contributed by atoms with van der Waals surface area (Å²) in [7, 11) is 0. The van der Waals surface area contributed by atoms with Gasteiger partial charge in [-0.25, -0.2) is 0 Å². The van der Waals surface area contributed by atoms with Crippen molar-refractivity contribution in [2.75, 3.05) is 0 Å². The van der Waals surface area contributed by atoms with Crippen LogP contribution in [0.25, 0.3) is 11.1 Å². The van der Waals surface area contributed by atoms with Crippen molar-refractivity contribution >= 4 is 5.91 Å². The third kappa shape index (κ3) is 2.94. The van der Waals surface area contributed by atoms with Crippen molar-refractivity contribution in [2.45, 2.75) is 20.4 Å². The molecule has 2 N–H and O–H groups in total. The number of aromatic hydroxyl groups is 1. The van der Waals surface area contributed by atoms with E-state index in [1.54, 1.807) is 0 Å². The lowest BCUT2D eigenvalue weighted by Gasteiger charge is -2.12. The van der Waals surface area contributed by atoms with E-state index in [0.717, 1.165) is 22.3 Å². The van der Waals surface area contributed by atoms with Gasteiger partial charge in [-0.3, -0.25) is 4.79 Å². The number of benzene rings is 2. The highest BCUT2D eigenvalue weighted by molar-refractivity contribution is 5.74. The Bertz CT molecular complexity index is 591. The standard InChI is InChI=1S/C16H17NO2/c1-11-14(10-17-12(2)18)8-9-15(16(11)19)13-6-4-3-5-7-13/h3-9,19H,10H2,1-2H3,(H,17,18). The number of hydrogen-bond acceptors (Lipinski definition) is 2. The fourth-order valence-electron chi connectivity index (χ4n) is 2.00. The molecule has 0 aliphatic carbocycles. The molecule has 2 aromatic carbocycles.